The number of nitrogens with zero attached hydrogens (tertiary/aromatic N) is 6. The molecule has 4 aliphatic rings. The van der Waals surface area contributed by atoms with Crippen molar-refractivity contribution in [2.24, 2.45) is 16.7 Å². The van der Waals surface area contributed by atoms with Crippen LogP contribution in [0.1, 0.15) is 89.9 Å². The second-order valence-corrected chi connectivity index (χ2v) is 14.9. The van der Waals surface area contributed by atoms with Crippen LogP contribution in [0.25, 0.3) is 0 Å². The molecule has 3 saturated heterocycles. The van der Waals surface area contributed by atoms with E-state index in [1.165, 1.54) is 37.4 Å². The monoisotopic (exact) mass is 621 g/mol. The number of ether oxygens (including phenoxy) is 1. The van der Waals surface area contributed by atoms with Crippen LogP contribution in [0, 0.1) is 22.6 Å². The molecule has 0 atom stereocenters. The fourth-order valence-corrected chi connectivity index (χ4v) is 8.20. The first kappa shape index (κ1) is 31.6. The van der Waals surface area contributed by atoms with E-state index >= 15 is 0 Å². The SMILES string of the molecule is CCN(C(=O)c1cc(F)ccc1Oc1nncnc1N1CC2(CCN(CC3CCC4(CC3)CC(C)(C)C(=O)N4)CC2)C1)C(C)C. The summed E-state index contributed by atoms with van der Waals surface area (Å²) in [5, 5.41) is 11.5. The van der Waals surface area contributed by atoms with Gasteiger partial charge in [0, 0.05) is 48.6 Å². The van der Waals surface area contributed by atoms with Gasteiger partial charge >= 0.3 is 0 Å². The first-order valence-electron chi connectivity index (χ1n) is 16.7. The number of hydrogen-bond acceptors (Lipinski definition) is 8. The van der Waals surface area contributed by atoms with Crippen molar-refractivity contribution in [2.75, 3.05) is 44.2 Å². The standard InChI is InChI=1S/C34H48FN7O3/c1-6-42(23(2)3)30(43)26-17-25(35)7-8-27(26)45-29-28(36-22-37-39-29)41-20-33(21-41)13-15-40(16-14-33)18-24-9-11-34(12-10-24)19-32(4,5)31(44)38-34/h7-8,17,22-24H,6,9-16,18-21H2,1-5H3,(H,38,44). The minimum absolute atomic E-state index is 0.0224. The van der Waals surface area contributed by atoms with E-state index in [2.05, 4.69) is 44.1 Å². The summed E-state index contributed by atoms with van der Waals surface area (Å²) in [6.07, 6.45) is 9.21. The van der Waals surface area contributed by atoms with Crippen molar-refractivity contribution in [3.8, 4) is 11.6 Å². The summed E-state index contributed by atoms with van der Waals surface area (Å²) in [5.41, 5.74) is 0.172. The minimum atomic E-state index is -0.502. The molecule has 244 valence electrons. The lowest BCUT2D eigenvalue weighted by Gasteiger charge is -2.54. The third-order valence-corrected chi connectivity index (χ3v) is 10.8. The number of rotatable bonds is 8. The van der Waals surface area contributed by atoms with Crippen LogP contribution in [-0.2, 0) is 4.79 Å². The molecule has 0 radical (unpaired) electrons. The molecule has 0 bridgehead atoms. The van der Waals surface area contributed by atoms with Crippen LogP contribution < -0.4 is 15.0 Å². The van der Waals surface area contributed by atoms with E-state index in [-0.39, 0.29) is 51.4 Å². The van der Waals surface area contributed by atoms with E-state index in [9.17, 15) is 14.0 Å². The van der Waals surface area contributed by atoms with Gasteiger partial charge in [0.05, 0.1) is 5.56 Å². The van der Waals surface area contributed by atoms with Crippen molar-refractivity contribution < 1.29 is 18.7 Å². The fraction of sp³-hybridized carbons (Fsp3) is 0.676. The molecule has 2 amide bonds. The van der Waals surface area contributed by atoms with Gasteiger partial charge in [-0.1, -0.05) is 13.8 Å². The molecule has 4 fully saturated rings. The second-order valence-electron chi connectivity index (χ2n) is 14.9. The van der Waals surface area contributed by atoms with Crippen LogP contribution in [0.3, 0.4) is 0 Å². The third-order valence-electron chi connectivity index (χ3n) is 10.8. The van der Waals surface area contributed by atoms with E-state index in [4.69, 9.17) is 4.74 Å². The molecule has 3 aliphatic heterocycles. The van der Waals surface area contributed by atoms with E-state index in [0.717, 1.165) is 64.8 Å². The van der Waals surface area contributed by atoms with E-state index < -0.39 is 5.82 Å². The zero-order valence-corrected chi connectivity index (χ0v) is 27.4. The summed E-state index contributed by atoms with van der Waals surface area (Å²) in [5.74, 6) is 1.16. The van der Waals surface area contributed by atoms with Crippen LogP contribution >= 0.6 is 0 Å². The molecule has 2 aromatic rings. The highest BCUT2D eigenvalue weighted by Gasteiger charge is 2.50. The van der Waals surface area contributed by atoms with Crippen molar-refractivity contribution >= 4 is 17.6 Å². The second kappa shape index (κ2) is 12.1. The predicted molar refractivity (Wildman–Crippen MR) is 170 cm³/mol. The van der Waals surface area contributed by atoms with E-state index in [1.54, 1.807) is 4.90 Å². The highest BCUT2D eigenvalue weighted by atomic mass is 19.1. The molecule has 10 nitrogen and oxygen atoms in total. The zero-order valence-electron chi connectivity index (χ0n) is 27.4. The summed E-state index contributed by atoms with van der Waals surface area (Å²) in [7, 11) is 0. The van der Waals surface area contributed by atoms with Crippen LogP contribution in [0.15, 0.2) is 24.5 Å². The molecule has 1 aromatic heterocycles. The summed E-state index contributed by atoms with van der Waals surface area (Å²) >= 11 is 0. The Morgan fingerprint density at radius 2 is 1.87 bits per heavy atom. The quantitative estimate of drug-likeness (QED) is 0.437. The average Bonchev–Trinajstić information content (AvgIpc) is 3.21. The fourth-order valence-electron chi connectivity index (χ4n) is 8.20. The average molecular weight is 622 g/mol. The van der Waals surface area contributed by atoms with Gasteiger partial charge in [-0.2, -0.15) is 0 Å². The molecular weight excluding hydrogens is 573 g/mol. The van der Waals surface area contributed by atoms with Gasteiger partial charge in [0.1, 0.15) is 17.9 Å². The Bertz CT molecular complexity index is 1410. The number of amides is 2. The van der Waals surface area contributed by atoms with Gasteiger partial charge in [-0.3, -0.25) is 9.59 Å². The Morgan fingerprint density at radius 3 is 2.49 bits per heavy atom. The summed E-state index contributed by atoms with van der Waals surface area (Å²) < 4.78 is 20.4. The number of hydrogen-bond donors (Lipinski definition) is 1. The molecule has 0 unspecified atom stereocenters. The maximum Gasteiger partial charge on any atom is 0.282 e. The normalized spacial score (nSPS) is 25.8. The molecule has 4 heterocycles. The van der Waals surface area contributed by atoms with Gasteiger partial charge in [0.2, 0.25) is 5.91 Å². The summed E-state index contributed by atoms with van der Waals surface area (Å²) in [4.78, 5) is 36.7. The Labute approximate surface area is 266 Å². The Kier molecular flexibility index (Phi) is 8.52. The predicted octanol–water partition coefficient (Wildman–Crippen LogP) is 5.05. The number of piperidine rings is 1. The summed E-state index contributed by atoms with van der Waals surface area (Å²) in [6, 6.07) is 3.93. The van der Waals surface area contributed by atoms with Gasteiger partial charge < -0.3 is 24.8 Å². The molecule has 45 heavy (non-hydrogen) atoms. The number of aromatic nitrogens is 3. The van der Waals surface area contributed by atoms with Crippen molar-refractivity contribution in [2.45, 2.75) is 91.1 Å². The van der Waals surface area contributed by atoms with Crippen LogP contribution in [0.5, 0.6) is 11.6 Å². The lowest BCUT2D eigenvalue weighted by molar-refractivity contribution is -0.126. The van der Waals surface area contributed by atoms with Gasteiger partial charge in [-0.15, -0.1) is 10.2 Å². The highest BCUT2D eigenvalue weighted by Crippen LogP contribution is 2.47. The maximum atomic E-state index is 14.3. The Morgan fingerprint density at radius 1 is 1.16 bits per heavy atom. The van der Waals surface area contributed by atoms with Gasteiger partial charge in [-0.25, -0.2) is 9.37 Å². The molecule has 2 spiro atoms. The molecule has 1 aliphatic carbocycles. The van der Waals surface area contributed by atoms with Crippen LogP contribution in [-0.4, -0.2) is 87.6 Å². The van der Waals surface area contributed by atoms with Crippen molar-refractivity contribution in [3.05, 3.63) is 35.9 Å². The largest absolute Gasteiger partial charge is 0.434 e. The Hall–Kier alpha value is -3.34. The van der Waals surface area contributed by atoms with Crippen LogP contribution in [0.2, 0.25) is 0 Å². The number of halogens is 1. The number of carbonyl (C=O) groups is 2. The molecule has 1 N–H and O–H groups in total. The third kappa shape index (κ3) is 6.37. The molecule has 1 aromatic carbocycles. The number of nitrogens with one attached hydrogen (secondary N) is 1. The number of benzene rings is 1. The topological polar surface area (TPSA) is 104 Å². The van der Waals surface area contributed by atoms with Crippen molar-refractivity contribution in [1.82, 2.24) is 30.3 Å². The van der Waals surface area contributed by atoms with E-state index in [0.29, 0.717) is 18.3 Å². The lowest BCUT2D eigenvalue weighted by Crippen LogP contribution is -2.61. The van der Waals surface area contributed by atoms with E-state index in [1.807, 2.05) is 20.8 Å². The van der Waals surface area contributed by atoms with Crippen molar-refractivity contribution in [3.63, 3.8) is 0 Å². The number of likely N-dealkylation sites (tertiary alicyclic amines) is 1. The van der Waals surface area contributed by atoms with Gasteiger partial charge in [0.25, 0.3) is 11.8 Å². The first-order valence-corrected chi connectivity index (χ1v) is 16.7. The van der Waals surface area contributed by atoms with Gasteiger partial charge in [-0.05, 0) is 103 Å². The molecule has 6 rings (SSSR count). The molecule has 1 saturated carbocycles. The minimum Gasteiger partial charge on any atom is -0.434 e. The van der Waals surface area contributed by atoms with Gasteiger partial charge in [0.15, 0.2) is 5.82 Å². The maximum absolute atomic E-state index is 14.3. The lowest BCUT2D eigenvalue weighted by atomic mass is 9.70. The zero-order chi connectivity index (χ0) is 32.0. The van der Waals surface area contributed by atoms with Crippen molar-refractivity contribution in [1.29, 1.82) is 0 Å². The van der Waals surface area contributed by atoms with Crippen LogP contribution in [0.4, 0.5) is 10.2 Å². The highest BCUT2D eigenvalue weighted by molar-refractivity contribution is 5.97. The molecular formula is C34H48FN7O3. The first-order chi connectivity index (χ1) is 21.4. The number of carbonyl (C=O) groups excluding carboxylic acids is 2. The number of anilines is 1. The Balaban J connectivity index is 1.04. The smallest absolute Gasteiger partial charge is 0.282 e. The summed E-state index contributed by atoms with van der Waals surface area (Å²) in [6.45, 7) is 15.5. The molecule has 11 heteroatoms.